The highest BCUT2D eigenvalue weighted by Gasteiger charge is 2.47. The number of fused-ring (bicyclic) bond motifs is 18. The van der Waals surface area contributed by atoms with Gasteiger partial charge >= 0.3 is 0 Å². The van der Waals surface area contributed by atoms with Gasteiger partial charge < -0.3 is 14.4 Å². The zero-order valence-corrected chi connectivity index (χ0v) is 46.6. The van der Waals surface area contributed by atoms with Crippen LogP contribution in [0.5, 0.6) is 23.0 Å². The van der Waals surface area contributed by atoms with E-state index < -0.39 is 0 Å². The van der Waals surface area contributed by atoms with E-state index in [1.807, 2.05) is 11.8 Å². The van der Waals surface area contributed by atoms with Crippen molar-refractivity contribution in [2.75, 3.05) is 4.90 Å². The molecular formula is C72H63NO2S. The zero-order chi connectivity index (χ0) is 52.4. The van der Waals surface area contributed by atoms with Gasteiger partial charge in [0, 0.05) is 98.3 Å². The molecule has 0 bridgehead atoms. The summed E-state index contributed by atoms with van der Waals surface area (Å²) in [6, 6.07) is 62.2. The van der Waals surface area contributed by atoms with Gasteiger partial charge in [0.1, 0.15) is 23.0 Å². The summed E-state index contributed by atoms with van der Waals surface area (Å²) in [6.07, 6.45) is 0. The van der Waals surface area contributed by atoms with E-state index >= 15 is 0 Å². The minimum Gasteiger partial charge on any atom is -0.456 e. The summed E-state index contributed by atoms with van der Waals surface area (Å²) in [4.78, 5) is 5.29. The van der Waals surface area contributed by atoms with Crippen molar-refractivity contribution in [2.45, 2.75) is 125 Å². The second-order valence-electron chi connectivity index (χ2n) is 25.7. The maximum atomic E-state index is 7.01. The largest absolute Gasteiger partial charge is 0.456 e. The molecule has 0 spiro atoms. The molecule has 0 aromatic heterocycles. The van der Waals surface area contributed by atoms with Crippen LogP contribution in [-0.2, 0) is 32.5 Å². The molecule has 0 radical (unpaired) electrons. The average molecular weight is 1010 g/mol. The van der Waals surface area contributed by atoms with Crippen LogP contribution in [0.25, 0.3) is 33.4 Å². The number of hydrogen-bond acceptors (Lipinski definition) is 4. The Morgan fingerprint density at radius 1 is 0.303 bits per heavy atom. The molecule has 4 heteroatoms. The maximum absolute atomic E-state index is 7.01. The van der Waals surface area contributed by atoms with Gasteiger partial charge in [-0.2, -0.15) is 0 Å². The number of rotatable bonds is 3. The zero-order valence-electron chi connectivity index (χ0n) is 45.8. The lowest BCUT2D eigenvalue weighted by Gasteiger charge is -2.36. The Hall–Kier alpha value is -7.27. The van der Waals surface area contributed by atoms with Crippen LogP contribution in [0.1, 0.15) is 150 Å². The van der Waals surface area contributed by atoms with E-state index in [2.05, 4.69) is 252 Å². The minimum absolute atomic E-state index is 0.115. The third kappa shape index (κ3) is 5.76. The normalized spacial score (nSPS) is 18.3. The molecule has 0 saturated heterocycles. The van der Waals surface area contributed by atoms with Crippen molar-refractivity contribution < 1.29 is 9.47 Å². The fraction of sp³-hybridized carbons (Fsp3) is 0.250. The van der Waals surface area contributed by atoms with E-state index in [0.717, 1.165) is 40.1 Å². The third-order valence-electron chi connectivity index (χ3n) is 19.4. The summed E-state index contributed by atoms with van der Waals surface area (Å²) in [5.41, 5.74) is 25.4. The fourth-order valence-corrected chi connectivity index (χ4v) is 16.5. The van der Waals surface area contributed by atoms with Gasteiger partial charge in [-0.25, -0.2) is 0 Å². The quantitative estimate of drug-likeness (QED) is 0.176. The summed E-state index contributed by atoms with van der Waals surface area (Å²) in [5, 5.41) is 0. The van der Waals surface area contributed by atoms with E-state index in [4.69, 9.17) is 9.47 Å². The topological polar surface area (TPSA) is 21.7 Å². The monoisotopic (exact) mass is 1010 g/mol. The molecule has 9 aromatic carbocycles. The SMILES string of the molecule is CC1(C)c2ccccc2Oc2c1ccc1c2-c2ccc(N(c3ccc4c(c3)C(C)(C)c3ccc5c(c3-4)Oc3ccccc3C5(C)C)c3ccc4c(c3)C(C)(C)c3ccc5c(c3-4)Sc3ccccc3C5(C)C)cc2C1(C)C. The molecule has 6 aliphatic rings. The summed E-state index contributed by atoms with van der Waals surface area (Å²) >= 11 is 1.95. The molecule has 3 heterocycles. The van der Waals surface area contributed by atoms with Gasteiger partial charge in [-0.05, 0) is 116 Å². The van der Waals surface area contributed by atoms with Crippen LogP contribution in [0, 0.1) is 0 Å². The molecule has 9 aromatic rings. The first kappa shape index (κ1) is 46.1. The molecule has 3 aliphatic heterocycles. The van der Waals surface area contributed by atoms with E-state index in [1.54, 1.807) is 0 Å². The van der Waals surface area contributed by atoms with Gasteiger partial charge in [-0.3, -0.25) is 0 Å². The Kier molecular flexibility index (Phi) is 8.97. The highest BCUT2D eigenvalue weighted by molar-refractivity contribution is 7.99. The van der Waals surface area contributed by atoms with Gasteiger partial charge in [0.15, 0.2) is 0 Å². The van der Waals surface area contributed by atoms with Gasteiger partial charge in [0.25, 0.3) is 0 Å². The first-order valence-corrected chi connectivity index (χ1v) is 28.1. The highest BCUT2D eigenvalue weighted by atomic mass is 32.2. The van der Waals surface area contributed by atoms with Gasteiger partial charge in [0.05, 0.1) is 0 Å². The summed E-state index contributed by atoms with van der Waals surface area (Å²) < 4.78 is 14.0. The van der Waals surface area contributed by atoms with Crippen LogP contribution in [0.4, 0.5) is 17.1 Å². The van der Waals surface area contributed by atoms with E-state index in [9.17, 15) is 0 Å². The van der Waals surface area contributed by atoms with Gasteiger partial charge in [-0.15, -0.1) is 0 Å². The van der Waals surface area contributed by atoms with Crippen molar-refractivity contribution in [1.82, 2.24) is 0 Å². The molecule has 0 unspecified atom stereocenters. The van der Waals surface area contributed by atoms with Crippen LogP contribution in [0.15, 0.2) is 174 Å². The first-order chi connectivity index (χ1) is 36.2. The Balaban J connectivity index is 0.919. The number of hydrogen-bond donors (Lipinski definition) is 0. The third-order valence-corrected chi connectivity index (χ3v) is 20.6. The van der Waals surface area contributed by atoms with Crippen molar-refractivity contribution in [3.63, 3.8) is 0 Å². The van der Waals surface area contributed by atoms with E-state index in [-0.39, 0.29) is 32.5 Å². The molecule has 0 amide bonds. The molecule has 15 rings (SSSR count). The lowest BCUT2D eigenvalue weighted by Crippen LogP contribution is -2.25. The average Bonchev–Trinajstić information content (AvgIpc) is 4.13. The van der Waals surface area contributed by atoms with E-state index in [0.29, 0.717) is 0 Å². The minimum atomic E-state index is -0.288. The molecule has 76 heavy (non-hydrogen) atoms. The Morgan fingerprint density at radius 3 is 1.11 bits per heavy atom. The van der Waals surface area contributed by atoms with Crippen LogP contribution in [0.3, 0.4) is 0 Å². The Morgan fingerprint density at radius 2 is 0.645 bits per heavy atom. The summed E-state index contributed by atoms with van der Waals surface area (Å²) in [7, 11) is 0. The molecule has 3 nitrogen and oxygen atoms in total. The predicted octanol–water partition coefficient (Wildman–Crippen LogP) is 19.7. The predicted molar refractivity (Wildman–Crippen MR) is 314 cm³/mol. The number of anilines is 3. The van der Waals surface area contributed by atoms with Crippen molar-refractivity contribution in [3.8, 4) is 56.4 Å². The Bertz CT molecular complexity index is 3690. The van der Waals surface area contributed by atoms with Gasteiger partial charge in [0.2, 0.25) is 0 Å². The van der Waals surface area contributed by atoms with Crippen molar-refractivity contribution in [1.29, 1.82) is 0 Å². The maximum Gasteiger partial charge on any atom is 0.139 e. The van der Waals surface area contributed by atoms with E-state index in [1.165, 1.54) is 110 Å². The molecule has 0 saturated carbocycles. The van der Waals surface area contributed by atoms with Crippen LogP contribution in [0.2, 0.25) is 0 Å². The van der Waals surface area contributed by atoms with Crippen molar-refractivity contribution in [3.05, 3.63) is 231 Å². The second-order valence-corrected chi connectivity index (χ2v) is 26.7. The molecule has 3 aliphatic carbocycles. The van der Waals surface area contributed by atoms with Gasteiger partial charge in [-0.1, -0.05) is 204 Å². The number of nitrogens with zero attached hydrogens (tertiary/aromatic N) is 1. The van der Waals surface area contributed by atoms with Crippen LogP contribution in [-0.4, -0.2) is 0 Å². The molecule has 0 fully saturated rings. The lowest BCUT2D eigenvalue weighted by atomic mass is 9.74. The van der Waals surface area contributed by atoms with Crippen molar-refractivity contribution >= 4 is 28.8 Å². The molecule has 0 atom stereocenters. The number of para-hydroxylation sites is 2. The van der Waals surface area contributed by atoms with Crippen LogP contribution < -0.4 is 14.4 Å². The standard InChI is InChI=1S/C72H63NO2S/c1-67(2)46-19-13-16-22-58(46)74-64-52(67)34-31-49-61(64)43-28-25-40(37-55(43)70(49,7)8)73(41-26-29-44-56(38-41)71(9,10)50-32-35-53-65(62(44)50)75-59-23-17-14-20-47(59)68(53,3)4)42-27-30-45-57(39-42)72(11,12)51-33-36-54-66(63(45)51)76-60-24-18-15-21-48(60)69(54,5)6/h13-39H,1-12H3. The highest BCUT2D eigenvalue weighted by Crippen LogP contribution is 2.64. The first-order valence-electron chi connectivity index (χ1n) is 27.3. The summed E-state index contributed by atoms with van der Waals surface area (Å²) in [6.45, 7) is 28.6. The van der Waals surface area contributed by atoms with Crippen LogP contribution >= 0.6 is 11.8 Å². The Labute approximate surface area is 453 Å². The number of benzene rings is 9. The van der Waals surface area contributed by atoms with Crippen molar-refractivity contribution in [2.24, 2.45) is 0 Å². The lowest BCUT2D eigenvalue weighted by molar-refractivity contribution is 0.418. The molecule has 374 valence electrons. The molecular weight excluding hydrogens is 943 g/mol. The molecule has 0 N–H and O–H groups in total. The smallest absolute Gasteiger partial charge is 0.139 e. The summed E-state index contributed by atoms with van der Waals surface area (Å²) in [5.74, 6) is 3.87. The second kappa shape index (κ2) is 14.8. The number of ether oxygens (including phenoxy) is 2. The fourth-order valence-electron chi connectivity index (χ4n) is 15.0.